The van der Waals surface area contributed by atoms with Crippen LogP contribution in [-0.4, -0.2) is 41.8 Å². The SMILES string of the molecule is CC(C)(C)OC(=O)CCNCC(O)C(N)=O. The molecule has 0 spiro atoms. The van der Waals surface area contributed by atoms with Crippen molar-refractivity contribution < 1.29 is 19.4 Å². The fourth-order valence-electron chi connectivity index (χ4n) is 0.922. The highest BCUT2D eigenvalue weighted by Gasteiger charge is 2.16. The predicted octanol–water partition coefficient (Wildman–Crippen LogP) is -0.846. The van der Waals surface area contributed by atoms with Crippen LogP contribution in [0.3, 0.4) is 0 Å². The quantitative estimate of drug-likeness (QED) is 0.409. The van der Waals surface area contributed by atoms with Gasteiger partial charge in [-0.2, -0.15) is 0 Å². The van der Waals surface area contributed by atoms with Crippen LogP contribution in [0.2, 0.25) is 0 Å². The third kappa shape index (κ3) is 8.19. The Hall–Kier alpha value is -1.14. The van der Waals surface area contributed by atoms with Crippen molar-refractivity contribution in [3.63, 3.8) is 0 Å². The first kappa shape index (κ1) is 14.9. The molecule has 0 heterocycles. The van der Waals surface area contributed by atoms with Gasteiger partial charge in [-0.25, -0.2) is 0 Å². The second-order valence-corrected chi connectivity index (χ2v) is 4.46. The number of ether oxygens (including phenoxy) is 1. The van der Waals surface area contributed by atoms with Gasteiger partial charge < -0.3 is 20.9 Å². The van der Waals surface area contributed by atoms with E-state index in [0.717, 1.165) is 0 Å². The van der Waals surface area contributed by atoms with Gasteiger partial charge in [0.2, 0.25) is 5.91 Å². The van der Waals surface area contributed by atoms with Gasteiger partial charge in [0.05, 0.1) is 6.42 Å². The smallest absolute Gasteiger partial charge is 0.307 e. The lowest BCUT2D eigenvalue weighted by Gasteiger charge is -2.19. The summed E-state index contributed by atoms with van der Waals surface area (Å²) in [7, 11) is 0. The Labute approximate surface area is 95.1 Å². The van der Waals surface area contributed by atoms with Gasteiger partial charge in [-0.05, 0) is 20.8 Å². The number of hydrogen-bond donors (Lipinski definition) is 3. The zero-order valence-electron chi connectivity index (χ0n) is 9.95. The molecule has 0 radical (unpaired) electrons. The van der Waals surface area contributed by atoms with E-state index in [2.05, 4.69) is 5.32 Å². The van der Waals surface area contributed by atoms with Crippen molar-refractivity contribution in [3.05, 3.63) is 0 Å². The number of nitrogens with two attached hydrogens (primary N) is 1. The Balaban J connectivity index is 3.60. The molecular weight excluding hydrogens is 212 g/mol. The van der Waals surface area contributed by atoms with Crippen LogP contribution in [0.4, 0.5) is 0 Å². The van der Waals surface area contributed by atoms with Crippen molar-refractivity contribution in [2.24, 2.45) is 5.73 Å². The Morgan fingerprint density at radius 3 is 2.44 bits per heavy atom. The van der Waals surface area contributed by atoms with Crippen LogP contribution in [0.1, 0.15) is 27.2 Å². The summed E-state index contributed by atoms with van der Waals surface area (Å²) >= 11 is 0. The maximum atomic E-state index is 11.2. The van der Waals surface area contributed by atoms with Crippen molar-refractivity contribution in [2.75, 3.05) is 13.1 Å². The normalized spacial score (nSPS) is 13.2. The summed E-state index contributed by atoms with van der Waals surface area (Å²) in [5.74, 6) is -1.11. The number of nitrogens with one attached hydrogen (secondary N) is 1. The molecule has 0 saturated carbocycles. The topological polar surface area (TPSA) is 102 Å². The number of carbonyl (C=O) groups excluding carboxylic acids is 2. The van der Waals surface area contributed by atoms with Gasteiger partial charge in [0.15, 0.2) is 0 Å². The number of aliphatic hydroxyl groups excluding tert-OH is 1. The molecule has 1 unspecified atom stereocenters. The van der Waals surface area contributed by atoms with Gasteiger partial charge in [0.25, 0.3) is 0 Å². The van der Waals surface area contributed by atoms with Crippen molar-refractivity contribution in [2.45, 2.75) is 38.9 Å². The molecule has 0 aliphatic heterocycles. The first-order chi connectivity index (χ1) is 7.22. The van der Waals surface area contributed by atoms with E-state index in [1.807, 2.05) is 0 Å². The van der Waals surface area contributed by atoms with Gasteiger partial charge in [0.1, 0.15) is 11.7 Å². The average Bonchev–Trinajstić information content (AvgIpc) is 2.08. The van der Waals surface area contributed by atoms with Gasteiger partial charge >= 0.3 is 5.97 Å². The van der Waals surface area contributed by atoms with E-state index in [1.165, 1.54) is 0 Å². The summed E-state index contributed by atoms with van der Waals surface area (Å²) in [6, 6.07) is 0. The summed E-state index contributed by atoms with van der Waals surface area (Å²) in [6.45, 7) is 5.73. The number of hydrogen-bond acceptors (Lipinski definition) is 5. The molecule has 16 heavy (non-hydrogen) atoms. The minimum atomic E-state index is -1.22. The van der Waals surface area contributed by atoms with Crippen molar-refractivity contribution in [3.8, 4) is 0 Å². The number of amides is 1. The Morgan fingerprint density at radius 2 is 2.00 bits per heavy atom. The number of rotatable bonds is 6. The summed E-state index contributed by atoms with van der Waals surface area (Å²) in [6.07, 6.45) is -1.04. The molecule has 0 aromatic rings. The van der Waals surface area contributed by atoms with Crippen LogP contribution in [0.15, 0.2) is 0 Å². The van der Waals surface area contributed by atoms with E-state index in [0.29, 0.717) is 6.54 Å². The Kier molecular flexibility index (Phi) is 5.98. The molecule has 0 aromatic carbocycles. The molecule has 0 saturated heterocycles. The monoisotopic (exact) mass is 232 g/mol. The van der Waals surface area contributed by atoms with Gasteiger partial charge in [-0.3, -0.25) is 9.59 Å². The molecule has 6 heteroatoms. The third-order valence-electron chi connectivity index (χ3n) is 1.59. The predicted molar refractivity (Wildman–Crippen MR) is 58.5 cm³/mol. The van der Waals surface area contributed by atoms with Crippen molar-refractivity contribution in [1.29, 1.82) is 0 Å². The van der Waals surface area contributed by atoms with E-state index in [1.54, 1.807) is 20.8 Å². The molecule has 0 bridgehead atoms. The zero-order chi connectivity index (χ0) is 12.8. The third-order valence-corrected chi connectivity index (χ3v) is 1.59. The van der Waals surface area contributed by atoms with E-state index >= 15 is 0 Å². The molecule has 0 aromatic heterocycles. The summed E-state index contributed by atoms with van der Waals surface area (Å²) in [5.41, 5.74) is 4.34. The average molecular weight is 232 g/mol. The fraction of sp³-hybridized carbons (Fsp3) is 0.800. The number of esters is 1. The maximum Gasteiger partial charge on any atom is 0.307 e. The Bertz CT molecular complexity index is 248. The van der Waals surface area contributed by atoms with Gasteiger partial charge in [-0.15, -0.1) is 0 Å². The van der Waals surface area contributed by atoms with Crippen molar-refractivity contribution >= 4 is 11.9 Å². The van der Waals surface area contributed by atoms with E-state index in [4.69, 9.17) is 15.6 Å². The highest BCUT2D eigenvalue weighted by Crippen LogP contribution is 2.07. The second kappa shape index (κ2) is 6.44. The van der Waals surface area contributed by atoms with Crippen molar-refractivity contribution in [1.82, 2.24) is 5.32 Å². The molecule has 1 atom stereocenters. The molecule has 0 fully saturated rings. The van der Waals surface area contributed by atoms with Gasteiger partial charge in [-0.1, -0.05) is 0 Å². The lowest BCUT2D eigenvalue weighted by molar-refractivity contribution is -0.154. The van der Waals surface area contributed by atoms with Gasteiger partial charge in [0, 0.05) is 13.1 Å². The molecule has 94 valence electrons. The first-order valence-electron chi connectivity index (χ1n) is 5.12. The molecule has 1 amide bonds. The minimum Gasteiger partial charge on any atom is -0.460 e. The van der Waals surface area contributed by atoms with E-state index in [9.17, 15) is 9.59 Å². The summed E-state index contributed by atoms with van der Waals surface area (Å²) in [5, 5.41) is 11.8. The highest BCUT2D eigenvalue weighted by atomic mass is 16.6. The molecule has 0 aliphatic rings. The number of primary amides is 1. The van der Waals surface area contributed by atoms with Crippen LogP contribution < -0.4 is 11.1 Å². The molecular formula is C10H20N2O4. The highest BCUT2D eigenvalue weighted by molar-refractivity contribution is 5.78. The molecule has 0 rings (SSSR count). The second-order valence-electron chi connectivity index (χ2n) is 4.46. The van der Waals surface area contributed by atoms with Crippen LogP contribution >= 0.6 is 0 Å². The standard InChI is InChI=1S/C10H20N2O4/c1-10(2,3)16-8(14)4-5-12-6-7(13)9(11)15/h7,12-13H,4-6H2,1-3H3,(H2,11,15). The van der Waals surface area contributed by atoms with E-state index < -0.39 is 17.6 Å². The lowest BCUT2D eigenvalue weighted by atomic mass is 10.2. The summed E-state index contributed by atoms with van der Waals surface area (Å²) in [4.78, 5) is 21.7. The lowest BCUT2D eigenvalue weighted by Crippen LogP contribution is -2.38. The summed E-state index contributed by atoms with van der Waals surface area (Å²) < 4.78 is 5.06. The van der Waals surface area contributed by atoms with Crippen LogP contribution in [-0.2, 0) is 14.3 Å². The molecule has 4 N–H and O–H groups in total. The van der Waals surface area contributed by atoms with Crippen LogP contribution in [0.25, 0.3) is 0 Å². The number of carbonyl (C=O) groups is 2. The first-order valence-corrected chi connectivity index (χ1v) is 5.12. The largest absolute Gasteiger partial charge is 0.460 e. The Morgan fingerprint density at radius 1 is 1.44 bits per heavy atom. The van der Waals surface area contributed by atoms with E-state index in [-0.39, 0.29) is 18.9 Å². The molecule has 0 aliphatic carbocycles. The fourth-order valence-corrected chi connectivity index (χ4v) is 0.922. The molecule has 6 nitrogen and oxygen atoms in total. The maximum absolute atomic E-state index is 11.2. The van der Waals surface area contributed by atoms with Crippen LogP contribution in [0.5, 0.6) is 0 Å². The number of aliphatic hydroxyl groups is 1. The minimum absolute atomic E-state index is 0.0398. The zero-order valence-corrected chi connectivity index (χ0v) is 9.95. The van der Waals surface area contributed by atoms with Crippen LogP contribution in [0, 0.1) is 0 Å².